The Morgan fingerprint density at radius 1 is 1.35 bits per heavy atom. The predicted molar refractivity (Wildman–Crippen MR) is 92.5 cm³/mol. The summed E-state index contributed by atoms with van der Waals surface area (Å²) in [6, 6.07) is 6.15. The van der Waals surface area contributed by atoms with Crippen molar-refractivity contribution in [3.63, 3.8) is 0 Å². The zero-order valence-electron chi connectivity index (χ0n) is 14.2. The van der Waals surface area contributed by atoms with Gasteiger partial charge < -0.3 is 15.0 Å². The number of nitrogens with zero attached hydrogens (tertiary/aromatic N) is 2. The van der Waals surface area contributed by atoms with Gasteiger partial charge in [-0.25, -0.2) is 4.39 Å². The number of rotatable bonds is 6. The van der Waals surface area contributed by atoms with Crippen molar-refractivity contribution in [2.24, 2.45) is 10.9 Å². The first kappa shape index (κ1) is 17.6. The van der Waals surface area contributed by atoms with Crippen LogP contribution in [0.3, 0.4) is 0 Å². The van der Waals surface area contributed by atoms with Crippen LogP contribution in [-0.4, -0.2) is 44.1 Å². The number of aliphatic imine (C=N–C) groups is 1. The molecule has 5 heteroatoms. The highest BCUT2D eigenvalue weighted by molar-refractivity contribution is 5.79. The third kappa shape index (κ3) is 6.08. The van der Waals surface area contributed by atoms with E-state index in [2.05, 4.69) is 22.1 Å². The summed E-state index contributed by atoms with van der Waals surface area (Å²) in [5, 5.41) is 3.44. The summed E-state index contributed by atoms with van der Waals surface area (Å²) in [6.07, 6.45) is 4.53. The minimum atomic E-state index is -0.236. The summed E-state index contributed by atoms with van der Waals surface area (Å²) in [4.78, 5) is 6.73. The molecular weight excluding hydrogens is 293 g/mol. The number of unbranched alkanes of at least 4 members (excludes halogenated alkanes) is 1. The van der Waals surface area contributed by atoms with Gasteiger partial charge >= 0.3 is 0 Å². The van der Waals surface area contributed by atoms with Crippen molar-refractivity contribution < 1.29 is 9.13 Å². The quantitative estimate of drug-likeness (QED) is 0.496. The van der Waals surface area contributed by atoms with Crippen molar-refractivity contribution in [2.75, 3.05) is 33.3 Å². The molecule has 1 aliphatic rings. The van der Waals surface area contributed by atoms with Gasteiger partial charge in [0.25, 0.3) is 0 Å². The molecule has 4 nitrogen and oxygen atoms in total. The van der Waals surface area contributed by atoms with Crippen LogP contribution in [0.25, 0.3) is 0 Å². The number of benzene rings is 1. The Morgan fingerprint density at radius 2 is 2.13 bits per heavy atom. The van der Waals surface area contributed by atoms with Crippen LogP contribution in [0.1, 0.15) is 32.6 Å². The molecule has 128 valence electrons. The maximum absolute atomic E-state index is 12.8. The molecule has 0 bridgehead atoms. The molecule has 0 saturated carbocycles. The number of hydrogen-bond acceptors (Lipinski definition) is 2. The smallest absolute Gasteiger partial charge is 0.193 e. The van der Waals surface area contributed by atoms with Crippen LogP contribution in [0.2, 0.25) is 0 Å². The van der Waals surface area contributed by atoms with E-state index in [1.54, 1.807) is 12.1 Å². The van der Waals surface area contributed by atoms with Crippen LogP contribution in [0.5, 0.6) is 5.75 Å². The average molecular weight is 321 g/mol. The van der Waals surface area contributed by atoms with Crippen LogP contribution < -0.4 is 10.1 Å². The number of halogens is 1. The van der Waals surface area contributed by atoms with E-state index in [9.17, 15) is 4.39 Å². The van der Waals surface area contributed by atoms with Crippen molar-refractivity contribution in [3.05, 3.63) is 30.1 Å². The fourth-order valence-corrected chi connectivity index (χ4v) is 2.86. The minimum absolute atomic E-state index is 0.236. The number of nitrogens with one attached hydrogen (secondary N) is 1. The van der Waals surface area contributed by atoms with E-state index in [0.29, 0.717) is 6.61 Å². The van der Waals surface area contributed by atoms with E-state index in [4.69, 9.17) is 4.74 Å². The Morgan fingerprint density at radius 3 is 2.83 bits per heavy atom. The minimum Gasteiger partial charge on any atom is -0.494 e. The van der Waals surface area contributed by atoms with E-state index in [-0.39, 0.29) is 5.82 Å². The number of likely N-dealkylation sites (tertiary alicyclic amines) is 1. The monoisotopic (exact) mass is 321 g/mol. The van der Waals surface area contributed by atoms with Crippen LogP contribution in [-0.2, 0) is 0 Å². The molecule has 0 aromatic heterocycles. The molecule has 1 saturated heterocycles. The lowest BCUT2D eigenvalue weighted by Crippen LogP contribution is -2.46. The molecule has 2 rings (SSSR count). The van der Waals surface area contributed by atoms with Crippen LogP contribution in [0.4, 0.5) is 4.39 Å². The summed E-state index contributed by atoms with van der Waals surface area (Å²) in [6.45, 7) is 6.02. The standard InChI is InChI=1S/C18H28FN3O/c1-15-6-5-12-22(14-15)18(20-2)21-11-3-4-13-23-17-9-7-16(19)8-10-17/h7-10,15H,3-6,11-14H2,1-2H3,(H,20,21). The summed E-state index contributed by atoms with van der Waals surface area (Å²) >= 11 is 0. The van der Waals surface area contributed by atoms with Gasteiger partial charge in [0, 0.05) is 26.7 Å². The Kier molecular flexibility index (Phi) is 7.17. The molecule has 1 unspecified atom stereocenters. The van der Waals surface area contributed by atoms with E-state index in [0.717, 1.165) is 50.1 Å². The van der Waals surface area contributed by atoms with Gasteiger partial charge in [-0.1, -0.05) is 6.92 Å². The highest BCUT2D eigenvalue weighted by atomic mass is 19.1. The maximum atomic E-state index is 12.8. The first-order chi connectivity index (χ1) is 11.2. The Bertz CT molecular complexity index is 490. The molecule has 1 fully saturated rings. The number of hydrogen-bond donors (Lipinski definition) is 1. The van der Waals surface area contributed by atoms with Crippen LogP contribution in [0.15, 0.2) is 29.3 Å². The van der Waals surface area contributed by atoms with Gasteiger partial charge in [-0.2, -0.15) is 0 Å². The Labute approximate surface area is 138 Å². The van der Waals surface area contributed by atoms with Crippen LogP contribution >= 0.6 is 0 Å². The van der Waals surface area contributed by atoms with Gasteiger partial charge in [-0.15, -0.1) is 0 Å². The van der Waals surface area contributed by atoms with Gasteiger partial charge in [-0.3, -0.25) is 4.99 Å². The molecule has 1 aromatic carbocycles. The Hall–Kier alpha value is -1.78. The zero-order valence-corrected chi connectivity index (χ0v) is 14.2. The fourth-order valence-electron chi connectivity index (χ4n) is 2.86. The summed E-state index contributed by atoms with van der Waals surface area (Å²) in [5.41, 5.74) is 0. The highest BCUT2D eigenvalue weighted by Gasteiger charge is 2.18. The van der Waals surface area contributed by atoms with E-state index in [1.807, 2.05) is 7.05 Å². The zero-order chi connectivity index (χ0) is 16.5. The third-order valence-corrected chi connectivity index (χ3v) is 4.10. The molecular formula is C18H28FN3O. The lowest BCUT2D eigenvalue weighted by molar-refractivity contribution is 0.265. The average Bonchev–Trinajstić information content (AvgIpc) is 2.56. The fraction of sp³-hybridized carbons (Fsp3) is 0.611. The highest BCUT2D eigenvalue weighted by Crippen LogP contribution is 2.15. The second kappa shape index (κ2) is 9.38. The molecule has 1 aromatic rings. The summed E-state index contributed by atoms with van der Waals surface area (Å²) in [5.74, 6) is 2.24. The number of piperidine rings is 1. The van der Waals surface area contributed by atoms with Crippen LogP contribution in [0, 0.1) is 11.7 Å². The van der Waals surface area contributed by atoms with Gasteiger partial charge in [0.05, 0.1) is 6.61 Å². The number of ether oxygens (including phenoxy) is 1. The first-order valence-electron chi connectivity index (χ1n) is 8.53. The Balaban J connectivity index is 1.59. The van der Waals surface area contributed by atoms with Gasteiger partial charge in [0.15, 0.2) is 5.96 Å². The number of guanidine groups is 1. The van der Waals surface area contributed by atoms with E-state index >= 15 is 0 Å². The summed E-state index contributed by atoms with van der Waals surface area (Å²) < 4.78 is 18.4. The second-order valence-corrected chi connectivity index (χ2v) is 6.18. The van der Waals surface area contributed by atoms with Gasteiger partial charge in [0.1, 0.15) is 11.6 Å². The first-order valence-corrected chi connectivity index (χ1v) is 8.53. The lowest BCUT2D eigenvalue weighted by Gasteiger charge is -2.33. The molecule has 1 atom stereocenters. The topological polar surface area (TPSA) is 36.9 Å². The lowest BCUT2D eigenvalue weighted by atomic mass is 10.0. The SMILES string of the molecule is CN=C(NCCCCOc1ccc(F)cc1)N1CCCC(C)C1. The van der Waals surface area contributed by atoms with Crippen molar-refractivity contribution in [1.29, 1.82) is 0 Å². The van der Waals surface area contributed by atoms with E-state index < -0.39 is 0 Å². The van der Waals surface area contributed by atoms with Crippen molar-refractivity contribution in [2.45, 2.75) is 32.6 Å². The molecule has 0 spiro atoms. The molecule has 0 radical (unpaired) electrons. The van der Waals surface area contributed by atoms with Crippen molar-refractivity contribution in [3.8, 4) is 5.75 Å². The molecule has 1 N–H and O–H groups in total. The van der Waals surface area contributed by atoms with Gasteiger partial charge in [-0.05, 0) is 55.9 Å². The second-order valence-electron chi connectivity index (χ2n) is 6.18. The van der Waals surface area contributed by atoms with E-state index in [1.165, 1.54) is 25.0 Å². The maximum Gasteiger partial charge on any atom is 0.193 e. The molecule has 23 heavy (non-hydrogen) atoms. The van der Waals surface area contributed by atoms with Crippen molar-refractivity contribution >= 4 is 5.96 Å². The third-order valence-electron chi connectivity index (χ3n) is 4.10. The normalized spacial score (nSPS) is 18.8. The molecule has 0 amide bonds. The predicted octanol–water partition coefficient (Wildman–Crippen LogP) is 3.29. The molecule has 0 aliphatic carbocycles. The van der Waals surface area contributed by atoms with Crippen molar-refractivity contribution in [1.82, 2.24) is 10.2 Å². The van der Waals surface area contributed by atoms with Gasteiger partial charge in [0.2, 0.25) is 0 Å². The molecule has 1 aliphatic heterocycles. The largest absolute Gasteiger partial charge is 0.494 e. The molecule has 1 heterocycles. The summed E-state index contributed by atoms with van der Waals surface area (Å²) in [7, 11) is 1.85.